The summed E-state index contributed by atoms with van der Waals surface area (Å²) in [4.78, 5) is 14.9. The highest BCUT2D eigenvalue weighted by molar-refractivity contribution is 5.77. The number of hydrogen-bond donors (Lipinski definition) is 0. The average molecular weight is 342 g/mol. The van der Waals surface area contributed by atoms with Crippen LogP contribution >= 0.6 is 0 Å². The van der Waals surface area contributed by atoms with Gasteiger partial charge in [-0.1, -0.05) is 35.5 Å². The van der Waals surface area contributed by atoms with Crippen molar-refractivity contribution in [1.29, 1.82) is 0 Å². The van der Waals surface area contributed by atoms with Crippen molar-refractivity contribution in [3.63, 3.8) is 0 Å². The summed E-state index contributed by atoms with van der Waals surface area (Å²) in [6.45, 7) is 9.04. The first kappa shape index (κ1) is 17.7. The minimum absolute atomic E-state index is 0.0720. The molecule has 2 aromatic rings. The molecule has 5 nitrogen and oxygen atoms in total. The lowest BCUT2D eigenvalue weighted by atomic mass is 9.97. The van der Waals surface area contributed by atoms with E-state index in [2.05, 4.69) is 31.1 Å². The first-order valence-electron chi connectivity index (χ1n) is 8.77. The van der Waals surface area contributed by atoms with Crippen LogP contribution < -0.4 is 0 Å². The van der Waals surface area contributed by atoms with Gasteiger partial charge in [-0.15, -0.1) is 0 Å². The molecule has 1 aliphatic heterocycles. The molecule has 2 heterocycles. The second-order valence-corrected chi connectivity index (χ2v) is 7.33. The van der Waals surface area contributed by atoms with Crippen molar-refractivity contribution in [2.75, 3.05) is 13.2 Å². The normalized spacial score (nSPS) is 19.8. The second kappa shape index (κ2) is 7.00. The third kappa shape index (κ3) is 3.76. The van der Waals surface area contributed by atoms with Gasteiger partial charge in [-0.2, -0.15) is 0 Å². The van der Waals surface area contributed by atoms with E-state index < -0.39 is 0 Å². The van der Waals surface area contributed by atoms with E-state index in [1.807, 2.05) is 36.9 Å². The highest BCUT2D eigenvalue weighted by Gasteiger charge is 2.38. The van der Waals surface area contributed by atoms with Gasteiger partial charge in [0.15, 0.2) is 0 Å². The molecule has 0 aliphatic carbocycles. The summed E-state index contributed by atoms with van der Waals surface area (Å²) in [5.74, 6) is 0.947. The molecule has 1 saturated heterocycles. The Bertz CT molecular complexity index is 717. The molecule has 5 heteroatoms. The van der Waals surface area contributed by atoms with E-state index >= 15 is 0 Å². The van der Waals surface area contributed by atoms with Gasteiger partial charge in [0, 0.05) is 12.0 Å². The highest BCUT2D eigenvalue weighted by Crippen LogP contribution is 2.31. The van der Waals surface area contributed by atoms with Gasteiger partial charge in [0.2, 0.25) is 5.91 Å². The standard InChI is InChI=1S/C20H26N2O3/c1-14-17(15(2)25-21-14)10-11-19(23)22-12-18(24-13-20(22,3)4)16-8-6-5-7-9-16/h5-9,18H,10-13H2,1-4H3/t18-/m1/s1. The van der Waals surface area contributed by atoms with Gasteiger partial charge in [-0.3, -0.25) is 4.79 Å². The summed E-state index contributed by atoms with van der Waals surface area (Å²) < 4.78 is 11.2. The number of rotatable bonds is 4. The van der Waals surface area contributed by atoms with Crippen LogP contribution in [-0.4, -0.2) is 34.7 Å². The SMILES string of the molecule is Cc1noc(C)c1CCC(=O)N1C[C@H](c2ccccc2)OCC1(C)C. The van der Waals surface area contributed by atoms with Crippen LogP contribution in [0.1, 0.15) is 49.0 Å². The van der Waals surface area contributed by atoms with E-state index in [9.17, 15) is 4.79 Å². The van der Waals surface area contributed by atoms with Crippen molar-refractivity contribution in [1.82, 2.24) is 10.1 Å². The lowest BCUT2D eigenvalue weighted by Crippen LogP contribution is -2.56. The molecule has 134 valence electrons. The molecule has 25 heavy (non-hydrogen) atoms. The molecule has 1 aromatic heterocycles. The summed E-state index contributed by atoms with van der Waals surface area (Å²) in [6, 6.07) is 10.1. The molecule has 1 amide bonds. The molecule has 1 atom stereocenters. The summed E-state index contributed by atoms with van der Waals surface area (Å²) >= 11 is 0. The number of carbonyl (C=O) groups is 1. The maximum absolute atomic E-state index is 12.9. The number of hydrogen-bond acceptors (Lipinski definition) is 4. The van der Waals surface area contributed by atoms with E-state index in [0.29, 0.717) is 26.0 Å². The minimum Gasteiger partial charge on any atom is -0.369 e. The van der Waals surface area contributed by atoms with Crippen LogP contribution in [0.25, 0.3) is 0 Å². The Morgan fingerprint density at radius 3 is 2.64 bits per heavy atom. The van der Waals surface area contributed by atoms with Crippen molar-refractivity contribution in [2.45, 2.75) is 52.2 Å². The van der Waals surface area contributed by atoms with Gasteiger partial charge in [0.25, 0.3) is 0 Å². The summed E-state index contributed by atoms with van der Waals surface area (Å²) in [5.41, 5.74) is 2.72. The Morgan fingerprint density at radius 2 is 2.00 bits per heavy atom. The predicted octanol–water partition coefficient (Wildman–Crippen LogP) is 3.60. The molecule has 3 rings (SSSR count). The Hall–Kier alpha value is -2.14. The first-order valence-corrected chi connectivity index (χ1v) is 8.77. The lowest BCUT2D eigenvalue weighted by Gasteiger charge is -2.45. The molecule has 0 N–H and O–H groups in total. The largest absolute Gasteiger partial charge is 0.369 e. The molecule has 1 aromatic carbocycles. The number of aryl methyl sites for hydroxylation is 2. The van der Waals surface area contributed by atoms with Gasteiger partial charge in [0.05, 0.1) is 24.4 Å². The zero-order chi connectivity index (χ0) is 18.0. The Labute approximate surface area is 148 Å². The average Bonchev–Trinajstić information content (AvgIpc) is 2.91. The van der Waals surface area contributed by atoms with Crippen molar-refractivity contribution in [3.8, 4) is 0 Å². The predicted molar refractivity (Wildman–Crippen MR) is 95.2 cm³/mol. The number of morpholine rings is 1. The van der Waals surface area contributed by atoms with Crippen LogP contribution in [0.4, 0.5) is 0 Å². The molecule has 1 fully saturated rings. The van der Waals surface area contributed by atoms with Crippen LogP contribution in [0.15, 0.2) is 34.9 Å². The van der Waals surface area contributed by atoms with Crippen LogP contribution in [0.5, 0.6) is 0 Å². The zero-order valence-corrected chi connectivity index (χ0v) is 15.4. The molecule has 0 unspecified atom stereocenters. The Morgan fingerprint density at radius 1 is 1.28 bits per heavy atom. The Kier molecular flexibility index (Phi) is 4.95. The number of benzene rings is 1. The molecule has 0 radical (unpaired) electrons. The molecular formula is C20H26N2O3. The van der Waals surface area contributed by atoms with Gasteiger partial charge < -0.3 is 14.2 Å². The number of nitrogens with zero attached hydrogens (tertiary/aromatic N) is 2. The number of aromatic nitrogens is 1. The minimum atomic E-state index is -0.304. The van der Waals surface area contributed by atoms with E-state index in [1.165, 1.54) is 0 Å². The van der Waals surface area contributed by atoms with Crippen LogP contribution in [0.3, 0.4) is 0 Å². The zero-order valence-electron chi connectivity index (χ0n) is 15.4. The fraction of sp³-hybridized carbons (Fsp3) is 0.500. The van der Waals surface area contributed by atoms with Crippen LogP contribution in [0.2, 0.25) is 0 Å². The quantitative estimate of drug-likeness (QED) is 0.852. The summed E-state index contributed by atoms with van der Waals surface area (Å²) in [6.07, 6.45) is 1.04. The van der Waals surface area contributed by atoms with Crippen molar-refractivity contribution >= 4 is 5.91 Å². The fourth-order valence-electron chi connectivity index (χ4n) is 3.38. The molecular weight excluding hydrogens is 316 g/mol. The monoisotopic (exact) mass is 342 g/mol. The smallest absolute Gasteiger partial charge is 0.223 e. The maximum Gasteiger partial charge on any atom is 0.223 e. The number of ether oxygens (including phenoxy) is 1. The van der Waals surface area contributed by atoms with E-state index in [4.69, 9.17) is 9.26 Å². The third-order valence-electron chi connectivity index (χ3n) is 4.96. The third-order valence-corrected chi connectivity index (χ3v) is 4.96. The van der Waals surface area contributed by atoms with Crippen molar-refractivity contribution in [2.24, 2.45) is 0 Å². The van der Waals surface area contributed by atoms with Crippen LogP contribution in [-0.2, 0) is 16.0 Å². The maximum atomic E-state index is 12.9. The molecule has 0 saturated carbocycles. The Balaban J connectivity index is 1.70. The number of amides is 1. The van der Waals surface area contributed by atoms with Crippen LogP contribution in [0, 0.1) is 13.8 Å². The molecule has 0 spiro atoms. The van der Waals surface area contributed by atoms with E-state index in [-0.39, 0.29) is 17.6 Å². The van der Waals surface area contributed by atoms with Gasteiger partial charge in [0.1, 0.15) is 11.9 Å². The molecule has 0 bridgehead atoms. The topological polar surface area (TPSA) is 55.6 Å². The summed E-state index contributed by atoms with van der Waals surface area (Å²) in [5, 5.41) is 3.97. The van der Waals surface area contributed by atoms with Gasteiger partial charge >= 0.3 is 0 Å². The van der Waals surface area contributed by atoms with Gasteiger partial charge in [-0.05, 0) is 39.7 Å². The van der Waals surface area contributed by atoms with E-state index in [0.717, 1.165) is 22.6 Å². The lowest BCUT2D eigenvalue weighted by molar-refractivity contribution is -0.154. The first-order chi connectivity index (χ1) is 11.9. The van der Waals surface area contributed by atoms with Gasteiger partial charge in [-0.25, -0.2) is 0 Å². The molecule has 1 aliphatic rings. The second-order valence-electron chi connectivity index (χ2n) is 7.33. The fourth-order valence-corrected chi connectivity index (χ4v) is 3.38. The van der Waals surface area contributed by atoms with Crippen molar-refractivity contribution in [3.05, 3.63) is 52.9 Å². The summed E-state index contributed by atoms with van der Waals surface area (Å²) in [7, 11) is 0. The van der Waals surface area contributed by atoms with E-state index in [1.54, 1.807) is 0 Å². The number of carbonyl (C=O) groups excluding carboxylic acids is 1. The highest BCUT2D eigenvalue weighted by atomic mass is 16.5. The van der Waals surface area contributed by atoms with Crippen molar-refractivity contribution < 1.29 is 14.1 Å².